The zero-order valence-electron chi connectivity index (χ0n) is 11.4. The van der Waals surface area contributed by atoms with Crippen LogP contribution in [0, 0.1) is 0 Å². The zero-order chi connectivity index (χ0) is 15.1. The van der Waals surface area contributed by atoms with E-state index >= 15 is 0 Å². The van der Waals surface area contributed by atoms with E-state index < -0.39 is 10.0 Å². The largest absolute Gasteiger partial charge is 0.494 e. The van der Waals surface area contributed by atoms with E-state index in [1.54, 1.807) is 0 Å². The van der Waals surface area contributed by atoms with Gasteiger partial charge >= 0.3 is 0 Å². The minimum atomic E-state index is -3.63. The van der Waals surface area contributed by atoms with Crippen LogP contribution in [-0.4, -0.2) is 26.6 Å². The van der Waals surface area contributed by atoms with Crippen LogP contribution in [0.1, 0.15) is 6.42 Å². The number of nitrogens with zero attached hydrogens (tertiary/aromatic N) is 1. The van der Waals surface area contributed by atoms with Crippen LogP contribution in [0.15, 0.2) is 53.7 Å². The average Bonchev–Trinajstić information content (AvgIpc) is 2.48. The second kappa shape index (κ2) is 7.05. The molecule has 0 fully saturated rings. The molecular weight excluding hydrogens is 290 g/mol. The number of aromatic nitrogens is 1. The van der Waals surface area contributed by atoms with Gasteiger partial charge in [0.25, 0.3) is 0 Å². The number of hydrogen-bond donors (Lipinski definition) is 2. The van der Waals surface area contributed by atoms with Crippen molar-refractivity contribution in [3.05, 3.63) is 48.8 Å². The van der Waals surface area contributed by atoms with Crippen molar-refractivity contribution in [3.8, 4) is 5.75 Å². The van der Waals surface area contributed by atoms with E-state index in [4.69, 9.17) is 10.5 Å². The van der Waals surface area contributed by atoms with E-state index in [1.807, 2.05) is 30.3 Å². The first-order chi connectivity index (χ1) is 10.1. The van der Waals surface area contributed by atoms with Crippen molar-refractivity contribution >= 4 is 15.7 Å². The SMILES string of the molecule is Nc1ccncc1S(=O)(=O)NCCCOc1ccccc1. The van der Waals surface area contributed by atoms with Crippen molar-refractivity contribution in [2.24, 2.45) is 0 Å². The van der Waals surface area contributed by atoms with Crippen LogP contribution < -0.4 is 15.2 Å². The van der Waals surface area contributed by atoms with E-state index in [0.29, 0.717) is 13.0 Å². The highest BCUT2D eigenvalue weighted by Gasteiger charge is 2.16. The Balaban J connectivity index is 1.79. The summed E-state index contributed by atoms with van der Waals surface area (Å²) in [5.41, 5.74) is 5.81. The van der Waals surface area contributed by atoms with Crippen LogP contribution in [0.3, 0.4) is 0 Å². The summed E-state index contributed by atoms with van der Waals surface area (Å²) in [6, 6.07) is 10.8. The van der Waals surface area contributed by atoms with E-state index in [2.05, 4.69) is 9.71 Å². The molecule has 0 saturated heterocycles. The fourth-order valence-electron chi connectivity index (χ4n) is 1.68. The third-order valence-corrected chi connectivity index (χ3v) is 4.24. The number of nitrogens with two attached hydrogens (primary N) is 1. The Hall–Kier alpha value is -2.12. The number of nitrogens with one attached hydrogen (secondary N) is 1. The van der Waals surface area contributed by atoms with Gasteiger partial charge < -0.3 is 10.5 Å². The van der Waals surface area contributed by atoms with Crippen molar-refractivity contribution in [2.75, 3.05) is 18.9 Å². The normalized spacial score (nSPS) is 11.2. The highest BCUT2D eigenvalue weighted by Crippen LogP contribution is 2.15. The molecule has 21 heavy (non-hydrogen) atoms. The molecule has 0 aliphatic heterocycles. The second-order valence-corrected chi connectivity index (χ2v) is 6.06. The summed E-state index contributed by atoms with van der Waals surface area (Å²) in [6.07, 6.45) is 3.23. The number of para-hydroxylation sites is 1. The summed E-state index contributed by atoms with van der Waals surface area (Å²) in [5, 5.41) is 0. The van der Waals surface area contributed by atoms with Gasteiger partial charge in [0.05, 0.1) is 12.3 Å². The highest BCUT2D eigenvalue weighted by atomic mass is 32.2. The van der Waals surface area contributed by atoms with Crippen LogP contribution in [0.2, 0.25) is 0 Å². The number of ether oxygens (including phenoxy) is 1. The molecule has 1 aromatic carbocycles. The van der Waals surface area contributed by atoms with E-state index in [0.717, 1.165) is 5.75 Å². The number of rotatable bonds is 7. The number of anilines is 1. The molecule has 0 saturated carbocycles. The van der Waals surface area contributed by atoms with Gasteiger partial charge in [0.2, 0.25) is 10.0 Å². The maximum absolute atomic E-state index is 12.0. The zero-order valence-corrected chi connectivity index (χ0v) is 12.2. The first kappa shape index (κ1) is 15.3. The molecule has 6 nitrogen and oxygen atoms in total. The van der Waals surface area contributed by atoms with Crippen molar-refractivity contribution < 1.29 is 13.2 Å². The predicted octanol–water partition coefficient (Wildman–Crippen LogP) is 1.41. The van der Waals surface area contributed by atoms with Crippen LogP contribution in [0.5, 0.6) is 5.75 Å². The van der Waals surface area contributed by atoms with E-state index in [9.17, 15) is 8.42 Å². The summed E-state index contributed by atoms with van der Waals surface area (Å²) in [5.74, 6) is 0.761. The molecule has 0 amide bonds. The van der Waals surface area contributed by atoms with Crippen LogP contribution in [0.4, 0.5) is 5.69 Å². The number of hydrogen-bond acceptors (Lipinski definition) is 5. The Labute approximate surface area is 124 Å². The van der Waals surface area contributed by atoms with Gasteiger partial charge in [0, 0.05) is 18.9 Å². The topological polar surface area (TPSA) is 94.3 Å². The Kier molecular flexibility index (Phi) is 5.13. The monoisotopic (exact) mass is 307 g/mol. The summed E-state index contributed by atoms with van der Waals surface area (Å²) in [4.78, 5) is 3.77. The van der Waals surface area contributed by atoms with Gasteiger partial charge in [-0.15, -0.1) is 0 Å². The fourth-order valence-corrected chi connectivity index (χ4v) is 2.83. The lowest BCUT2D eigenvalue weighted by Crippen LogP contribution is -2.26. The minimum Gasteiger partial charge on any atom is -0.494 e. The molecule has 0 aliphatic rings. The van der Waals surface area contributed by atoms with Gasteiger partial charge in [-0.25, -0.2) is 13.1 Å². The number of nitrogen functional groups attached to an aromatic ring is 1. The van der Waals surface area contributed by atoms with Crippen molar-refractivity contribution in [3.63, 3.8) is 0 Å². The smallest absolute Gasteiger partial charge is 0.244 e. The predicted molar refractivity (Wildman–Crippen MR) is 80.4 cm³/mol. The molecule has 112 valence electrons. The quantitative estimate of drug-likeness (QED) is 0.754. The fraction of sp³-hybridized carbons (Fsp3) is 0.214. The Morgan fingerprint density at radius 1 is 1.19 bits per heavy atom. The maximum atomic E-state index is 12.0. The first-order valence-corrected chi connectivity index (χ1v) is 7.95. The lowest BCUT2D eigenvalue weighted by Gasteiger charge is -2.09. The van der Waals surface area contributed by atoms with Gasteiger partial charge in [-0.1, -0.05) is 18.2 Å². The summed E-state index contributed by atoms with van der Waals surface area (Å²) in [7, 11) is -3.63. The van der Waals surface area contributed by atoms with Gasteiger partial charge in [-0.3, -0.25) is 4.98 Å². The standard InChI is InChI=1S/C14H17N3O3S/c15-13-7-9-16-11-14(13)21(18,19)17-8-4-10-20-12-5-2-1-3-6-12/h1-3,5-7,9,11,17H,4,8,10H2,(H2,15,16). The van der Waals surface area contributed by atoms with Crippen LogP contribution >= 0.6 is 0 Å². The first-order valence-electron chi connectivity index (χ1n) is 6.46. The third kappa shape index (κ3) is 4.44. The average molecular weight is 307 g/mol. The molecule has 0 bridgehead atoms. The minimum absolute atomic E-state index is 0.00558. The molecule has 0 unspecified atom stereocenters. The lowest BCUT2D eigenvalue weighted by molar-refractivity contribution is 0.311. The number of sulfonamides is 1. The Morgan fingerprint density at radius 2 is 1.95 bits per heavy atom. The summed E-state index contributed by atoms with van der Waals surface area (Å²) < 4.78 is 32.0. The van der Waals surface area contributed by atoms with Crippen molar-refractivity contribution in [1.82, 2.24) is 9.71 Å². The molecule has 0 aliphatic carbocycles. The van der Waals surface area contributed by atoms with Gasteiger partial charge in [0.15, 0.2) is 0 Å². The summed E-state index contributed by atoms with van der Waals surface area (Å²) in [6.45, 7) is 0.693. The number of pyridine rings is 1. The van der Waals surface area contributed by atoms with Gasteiger partial charge in [-0.05, 0) is 24.6 Å². The van der Waals surface area contributed by atoms with Crippen molar-refractivity contribution in [1.29, 1.82) is 0 Å². The molecule has 1 aromatic heterocycles. The van der Waals surface area contributed by atoms with E-state index in [-0.39, 0.29) is 17.1 Å². The molecule has 2 aromatic rings. The Bertz CT molecular complexity index is 675. The Morgan fingerprint density at radius 3 is 2.67 bits per heavy atom. The molecule has 7 heteroatoms. The molecule has 1 heterocycles. The third-order valence-electron chi connectivity index (χ3n) is 2.73. The highest BCUT2D eigenvalue weighted by molar-refractivity contribution is 7.89. The van der Waals surface area contributed by atoms with Gasteiger partial charge in [-0.2, -0.15) is 0 Å². The maximum Gasteiger partial charge on any atom is 0.244 e. The van der Waals surface area contributed by atoms with Gasteiger partial charge in [0.1, 0.15) is 10.6 Å². The molecule has 0 radical (unpaired) electrons. The number of benzene rings is 1. The molecular formula is C14H17N3O3S. The molecule has 0 atom stereocenters. The van der Waals surface area contributed by atoms with E-state index in [1.165, 1.54) is 18.5 Å². The molecule has 3 N–H and O–H groups in total. The van der Waals surface area contributed by atoms with Crippen LogP contribution in [0.25, 0.3) is 0 Å². The van der Waals surface area contributed by atoms with Crippen LogP contribution in [-0.2, 0) is 10.0 Å². The molecule has 2 rings (SSSR count). The lowest BCUT2D eigenvalue weighted by atomic mass is 10.3. The molecule has 0 spiro atoms. The van der Waals surface area contributed by atoms with Crippen molar-refractivity contribution in [2.45, 2.75) is 11.3 Å². The summed E-state index contributed by atoms with van der Waals surface area (Å²) >= 11 is 0. The second-order valence-electron chi connectivity index (χ2n) is 4.33.